The maximum Gasteiger partial charge on any atom is 0.301 e. The Morgan fingerprint density at radius 1 is 1.31 bits per heavy atom. The minimum atomic E-state index is -0.446. The number of para-hydroxylation sites is 1. The highest BCUT2D eigenvalue weighted by Crippen LogP contribution is 2.40. The Morgan fingerprint density at radius 3 is 2.75 bits per heavy atom. The number of benzene rings is 1. The van der Waals surface area contributed by atoms with Gasteiger partial charge in [0, 0.05) is 0 Å². The third-order valence-corrected chi connectivity index (χ3v) is 4.23. The molecule has 0 unspecified atom stereocenters. The maximum absolute atomic E-state index is 10.9. The number of hydrogen-bond acceptors (Lipinski definition) is 4. The molecule has 0 N–H and O–H groups in total. The van der Waals surface area contributed by atoms with Crippen molar-refractivity contribution in [1.82, 2.24) is 0 Å². The molecule has 1 aromatic heterocycles. The van der Waals surface area contributed by atoms with E-state index in [1.54, 1.807) is 23.5 Å². The van der Waals surface area contributed by atoms with Gasteiger partial charge in [-0.1, -0.05) is 35.5 Å². The van der Waals surface area contributed by atoms with Gasteiger partial charge in [-0.25, -0.2) is 0 Å². The zero-order valence-electron chi connectivity index (χ0n) is 7.92. The highest BCUT2D eigenvalue weighted by molar-refractivity contribution is 8.01. The van der Waals surface area contributed by atoms with E-state index in [1.165, 1.54) is 17.8 Å². The van der Waals surface area contributed by atoms with Gasteiger partial charge >= 0.3 is 5.69 Å². The average Bonchev–Trinajstić information content (AvgIpc) is 2.70. The summed E-state index contributed by atoms with van der Waals surface area (Å²) in [6.07, 6.45) is 0. The van der Waals surface area contributed by atoms with Crippen molar-refractivity contribution in [3.8, 4) is 0 Å². The van der Waals surface area contributed by atoms with Gasteiger partial charge < -0.3 is 0 Å². The molecule has 1 aromatic carbocycles. The number of thiophene rings is 1. The molecule has 16 heavy (non-hydrogen) atoms. The molecule has 0 atom stereocenters. The molecule has 0 aliphatic rings. The molecule has 0 radical (unpaired) electrons. The summed E-state index contributed by atoms with van der Waals surface area (Å²) in [6.45, 7) is 0. The molecule has 0 bridgehead atoms. The van der Waals surface area contributed by atoms with Crippen molar-refractivity contribution in [1.29, 1.82) is 0 Å². The third kappa shape index (κ3) is 2.37. The molecule has 0 spiro atoms. The van der Waals surface area contributed by atoms with Crippen LogP contribution in [-0.4, -0.2) is 4.92 Å². The van der Waals surface area contributed by atoms with Gasteiger partial charge in [0.25, 0.3) is 0 Å². The van der Waals surface area contributed by atoms with E-state index in [9.17, 15) is 10.1 Å². The lowest BCUT2D eigenvalue weighted by atomic mass is 10.3. The normalized spacial score (nSPS) is 10.3. The topological polar surface area (TPSA) is 43.1 Å². The van der Waals surface area contributed by atoms with Crippen LogP contribution in [0.15, 0.2) is 44.8 Å². The first-order chi connectivity index (χ1) is 7.68. The van der Waals surface area contributed by atoms with Gasteiger partial charge in [-0.15, -0.1) is 11.3 Å². The fourth-order valence-corrected chi connectivity index (χ4v) is 3.35. The van der Waals surface area contributed by atoms with Gasteiger partial charge in [-0.3, -0.25) is 10.1 Å². The Labute approximate surface area is 105 Å². The quantitative estimate of drug-likeness (QED) is 0.611. The van der Waals surface area contributed by atoms with Crippen LogP contribution in [0.5, 0.6) is 0 Å². The summed E-state index contributed by atoms with van der Waals surface area (Å²) in [6, 6.07) is 8.77. The van der Waals surface area contributed by atoms with Gasteiger partial charge in [0.2, 0.25) is 0 Å². The van der Waals surface area contributed by atoms with Crippen molar-refractivity contribution >= 4 is 40.4 Å². The van der Waals surface area contributed by atoms with Crippen LogP contribution in [0.25, 0.3) is 0 Å². The molecule has 0 aliphatic heterocycles. The number of rotatable bonds is 3. The molecule has 3 nitrogen and oxygen atoms in total. The standard InChI is InChI=1S/C10H6ClNO2S2/c11-7-3-1-4-8(10(7)12(13)14)16-9-5-2-6-15-9/h1-6H. The predicted octanol–water partition coefficient (Wildman–Crippen LogP) is 4.46. The van der Waals surface area contributed by atoms with Gasteiger partial charge in [0.15, 0.2) is 0 Å². The molecule has 0 fully saturated rings. The summed E-state index contributed by atoms with van der Waals surface area (Å²) in [5.74, 6) is 0. The summed E-state index contributed by atoms with van der Waals surface area (Å²) < 4.78 is 1.00. The van der Waals surface area contributed by atoms with Crippen LogP contribution in [0.2, 0.25) is 5.02 Å². The summed E-state index contributed by atoms with van der Waals surface area (Å²) in [7, 11) is 0. The van der Waals surface area contributed by atoms with Crippen molar-refractivity contribution in [2.45, 2.75) is 9.10 Å². The van der Waals surface area contributed by atoms with Crippen LogP contribution in [-0.2, 0) is 0 Å². The van der Waals surface area contributed by atoms with Crippen LogP contribution in [0, 0.1) is 10.1 Å². The Morgan fingerprint density at radius 2 is 2.12 bits per heavy atom. The molecule has 0 saturated heterocycles. The highest BCUT2D eigenvalue weighted by Gasteiger charge is 2.19. The van der Waals surface area contributed by atoms with Crippen LogP contribution in [0.3, 0.4) is 0 Å². The molecule has 2 rings (SSSR count). The van der Waals surface area contributed by atoms with Crippen molar-refractivity contribution in [3.63, 3.8) is 0 Å². The molecule has 0 amide bonds. The lowest BCUT2D eigenvalue weighted by Gasteiger charge is -2.01. The van der Waals surface area contributed by atoms with Crippen LogP contribution < -0.4 is 0 Å². The summed E-state index contributed by atoms with van der Waals surface area (Å²) >= 11 is 8.71. The monoisotopic (exact) mass is 271 g/mol. The lowest BCUT2D eigenvalue weighted by molar-refractivity contribution is -0.387. The zero-order chi connectivity index (χ0) is 11.5. The second-order valence-corrected chi connectivity index (χ2v) is 5.57. The first-order valence-corrected chi connectivity index (χ1v) is 6.40. The van der Waals surface area contributed by atoms with Crippen LogP contribution >= 0.6 is 34.7 Å². The molecule has 0 saturated carbocycles. The van der Waals surface area contributed by atoms with Crippen LogP contribution in [0.1, 0.15) is 0 Å². The van der Waals surface area contributed by atoms with E-state index in [0.29, 0.717) is 4.90 Å². The molecule has 2 aromatic rings. The summed E-state index contributed by atoms with van der Waals surface area (Å²) in [5, 5.41) is 13.0. The Kier molecular flexibility index (Phi) is 3.48. The van der Waals surface area contributed by atoms with Gasteiger partial charge in [-0.05, 0) is 23.6 Å². The van der Waals surface area contributed by atoms with Crippen molar-refractivity contribution in [3.05, 3.63) is 50.8 Å². The molecule has 82 valence electrons. The minimum Gasteiger partial charge on any atom is -0.258 e. The first-order valence-electron chi connectivity index (χ1n) is 4.33. The van der Waals surface area contributed by atoms with E-state index < -0.39 is 4.92 Å². The SMILES string of the molecule is O=[N+]([O-])c1c(Cl)cccc1Sc1cccs1. The van der Waals surface area contributed by atoms with E-state index in [4.69, 9.17) is 11.6 Å². The van der Waals surface area contributed by atoms with E-state index >= 15 is 0 Å². The third-order valence-electron chi connectivity index (χ3n) is 1.84. The highest BCUT2D eigenvalue weighted by atomic mass is 35.5. The lowest BCUT2D eigenvalue weighted by Crippen LogP contribution is -1.91. The van der Waals surface area contributed by atoms with Crippen molar-refractivity contribution in [2.75, 3.05) is 0 Å². The summed E-state index contributed by atoms with van der Waals surface area (Å²) in [4.78, 5) is 11.0. The second kappa shape index (κ2) is 4.86. The molecular weight excluding hydrogens is 266 g/mol. The number of nitrogens with zero attached hydrogens (tertiary/aromatic N) is 1. The van der Waals surface area contributed by atoms with E-state index in [2.05, 4.69) is 0 Å². The molecular formula is C10H6ClNO2S2. The van der Waals surface area contributed by atoms with Crippen molar-refractivity contribution < 1.29 is 4.92 Å². The van der Waals surface area contributed by atoms with Crippen molar-refractivity contribution in [2.24, 2.45) is 0 Å². The van der Waals surface area contributed by atoms with Gasteiger partial charge in [-0.2, -0.15) is 0 Å². The van der Waals surface area contributed by atoms with Crippen LogP contribution in [0.4, 0.5) is 5.69 Å². The fraction of sp³-hybridized carbons (Fsp3) is 0. The average molecular weight is 272 g/mol. The first kappa shape index (κ1) is 11.4. The van der Waals surface area contributed by atoms with Gasteiger partial charge in [0.1, 0.15) is 5.02 Å². The largest absolute Gasteiger partial charge is 0.301 e. The molecule has 0 aliphatic carbocycles. The Bertz CT molecular complexity index is 514. The fourth-order valence-electron chi connectivity index (χ4n) is 1.19. The predicted molar refractivity (Wildman–Crippen MR) is 66.5 cm³/mol. The number of hydrogen-bond donors (Lipinski definition) is 0. The Balaban J connectivity index is 2.40. The van der Waals surface area contributed by atoms with E-state index in [1.807, 2.05) is 17.5 Å². The summed E-state index contributed by atoms with van der Waals surface area (Å²) in [5.41, 5.74) is -0.0254. The number of halogens is 1. The van der Waals surface area contributed by atoms with Gasteiger partial charge in [0.05, 0.1) is 14.0 Å². The van der Waals surface area contributed by atoms with E-state index in [-0.39, 0.29) is 10.7 Å². The second-order valence-electron chi connectivity index (χ2n) is 2.88. The Hall–Kier alpha value is -1.04. The molecule has 6 heteroatoms. The number of nitro groups is 1. The number of nitro benzene ring substituents is 1. The smallest absolute Gasteiger partial charge is 0.258 e. The maximum atomic E-state index is 10.9. The molecule has 1 heterocycles. The minimum absolute atomic E-state index is 0.0254. The zero-order valence-corrected chi connectivity index (χ0v) is 10.3. The van der Waals surface area contributed by atoms with E-state index in [0.717, 1.165) is 4.21 Å².